The Morgan fingerprint density at radius 1 is 1.56 bits per heavy atom. The molecule has 2 nitrogen and oxygen atoms in total. The second kappa shape index (κ2) is 4.58. The Hall–Kier alpha value is -1.47. The van der Waals surface area contributed by atoms with E-state index in [0.717, 1.165) is 0 Å². The second-order valence-electron chi connectivity index (χ2n) is 3.89. The zero-order valence-electron chi connectivity index (χ0n) is 9.04. The minimum atomic E-state index is -0.734. The molecule has 0 unspecified atom stereocenters. The molecular formula is C12H12FNOS. The summed E-state index contributed by atoms with van der Waals surface area (Å²) in [6, 6.07) is 3.94. The van der Waals surface area contributed by atoms with Gasteiger partial charge < -0.3 is 5.32 Å². The Morgan fingerprint density at radius 3 is 2.69 bits per heavy atom. The highest BCUT2D eigenvalue weighted by molar-refractivity contribution is 7.80. The zero-order chi connectivity index (χ0) is 12.3. The van der Waals surface area contributed by atoms with Gasteiger partial charge in [0.15, 0.2) is 0 Å². The van der Waals surface area contributed by atoms with E-state index in [0.29, 0.717) is 5.56 Å². The lowest BCUT2D eigenvalue weighted by Gasteiger charge is -2.19. The largest absolute Gasteiger partial charge is 0.336 e. The lowest BCUT2D eigenvalue weighted by molar-refractivity contribution is 0.0929. The fraction of sp³-hybridized carbons (Fsp3) is 0.250. The summed E-state index contributed by atoms with van der Waals surface area (Å²) in [4.78, 5) is 11.9. The summed E-state index contributed by atoms with van der Waals surface area (Å²) in [6.45, 7) is 3.41. The number of thiol groups is 1. The summed E-state index contributed by atoms with van der Waals surface area (Å²) in [5, 5.41) is 2.64. The van der Waals surface area contributed by atoms with Gasteiger partial charge in [-0.1, -0.05) is 5.92 Å². The van der Waals surface area contributed by atoms with Crippen molar-refractivity contribution in [2.24, 2.45) is 0 Å². The first-order chi connectivity index (χ1) is 7.35. The maximum absolute atomic E-state index is 12.9. The van der Waals surface area contributed by atoms with E-state index in [9.17, 15) is 9.18 Å². The molecule has 0 saturated carbocycles. The highest BCUT2D eigenvalue weighted by Crippen LogP contribution is 2.14. The molecule has 0 bridgehead atoms. The van der Waals surface area contributed by atoms with Crippen LogP contribution in [0, 0.1) is 18.2 Å². The number of hydrogen-bond donors (Lipinski definition) is 2. The Labute approximate surface area is 99.7 Å². The van der Waals surface area contributed by atoms with Crippen molar-refractivity contribution in [1.29, 1.82) is 0 Å². The predicted molar refractivity (Wildman–Crippen MR) is 64.0 cm³/mol. The molecule has 1 aromatic carbocycles. The molecule has 1 amide bonds. The van der Waals surface area contributed by atoms with Crippen LogP contribution in [0.3, 0.4) is 0 Å². The van der Waals surface area contributed by atoms with Crippen LogP contribution in [0.15, 0.2) is 23.1 Å². The van der Waals surface area contributed by atoms with Crippen molar-refractivity contribution in [1.82, 2.24) is 5.32 Å². The third-order valence-electron chi connectivity index (χ3n) is 2.00. The number of benzene rings is 1. The van der Waals surface area contributed by atoms with Gasteiger partial charge in [-0.05, 0) is 32.0 Å². The van der Waals surface area contributed by atoms with Gasteiger partial charge in [0, 0.05) is 10.5 Å². The van der Waals surface area contributed by atoms with Crippen molar-refractivity contribution >= 4 is 18.5 Å². The number of amides is 1. The summed E-state index contributed by atoms with van der Waals surface area (Å²) in [7, 11) is 0. The van der Waals surface area contributed by atoms with Crippen LogP contribution in [-0.2, 0) is 0 Å². The van der Waals surface area contributed by atoms with Crippen LogP contribution in [-0.4, -0.2) is 11.4 Å². The molecule has 0 radical (unpaired) electrons. The molecule has 0 heterocycles. The fourth-order valence-corrected chi connectivity index (χ4v) is 1.26. The van der Waals surface area contributed by atoms with Crippen LogP contribution in [0.25, 0.3) is 0 Å². The van der Waals surface area contributed by atoms with Crippen molar-refractivity contribution in [2.45, 2.75) is 24.3 Å². The zero-order valence-corrected chi connectivity index (χ0v) is 9.94. The average Bonchev–Trinajstić information content (AvgIpc) is 2.21. The molecule has 0 aliphatic heterocycles. The van der Waals surface area contributed by atoms with Crippen molar-refractivity contribution in [3.63, 3.8) is 0 Å². The van der Waals surface area contributed by atoms with Gasteiger partial charge in [0.1, 0.15) is 5.82 Å². The number of carbonyl (C=O) groups excluding carboxylic acids is 1. The SMILES string of the molecule is C#CC(C)(C)NC(=O)c1ccc(F)c(S)c1. The van der Waals surface area contributed by atoms with Crippen molar-refractivity contribution in [3.8, 4) is 12.3 Å². The van der Waals surface area contributed by atoms with Crippen LogP contribution in [0.2, 0.25) is 0 Å². The molecule has 0 fully saturated rings. The van der Waals surface area contributed by atoms with Crippen LogP contribution in [0.4, 0.5) is 4.39 Å². The van der Waals surface area contributed by atoms with Gasteiger partial charge >= 0.3 is 0 Å². The van der Waals surface area contributed by atoms with Gasteiger partial charge in [-0.25, -0.2) is 4.39 Å². The van der Waals surface area contributed by atoms with Gasteiger partial charge in [0.2, 0.25) is 0 Å². The second-order valence-corrected chi connectivity index (χ2v) is 4.37. The van der Waals surface area contributed by atoms with Gasteiger partial charge in [-0.3, -0.25) is 4.79 Å². The standard InChI is InChI=1S/C12H12FNOS/c1-4-12(2,3)14-11(15)8-5-6-9(13)10(16)7-8/h1,5-7,16H,2-3H3,(H,14,15). The molecule has 0 atom stereocenters. The fourth-order valence-electron chi connectivity index (χ4n) is 1.05. The number of terminal acetylenes is 1. The van der Waals surface area contributed by atoms with E-state index in [1.165, 1.54) is 18.2 Å². The molecule has 4 heteroatoms. The van der Waals surface area contributed by atoms with Gasteiger partial charge in [0.05, 0.1) is 5.54 Å². The van der Waals surface area contributed by atoms with E-state index >= 15 is 0 Å². The van der Waals surface area contributed by atoms with E-state index in [1.807, 2.05) is 0 Å². The minimum absolute atomic E-state index is 0.131. The first-order valence-electron chi connectivity index (χ1n) is 4.64. The van der Waals surface area contributed by atoms with E-state index in [1.54, 1.807) is 13.8 Å². The number of rotatable bonds is 2. The van der Waals surface area contributed by atoms with E-state index < -0.39 is 11.4 Å². The van der Waals surface area contributed by atoms with Crippen molar-refractivity contribution < 1.29 is 9.18 Å². The summed E-state index contributed by atoms with van der Waals surface area (Å²) in [5.74, 6) is 1.63. The summed E-state index contributed by atoms with van der Waals surface area (Å²) >= 11 is 3.90. The predicted octanol–water partition coefficient (Wildman–Crippen LogP) is 2.26. The third-order valence-corrected chi connectivity index (χ3v) is 2.34. The molecule has 0 aliphatic carbocycles. The first-order valence-corrected chi connectivity index (χ1v) is 5.09. The lowest BCUT2D eigenvalue weighted by atomic mass is 10.1. The summed E-state index contributed by atoms with van der Waals surface area (Å²) in [5.41, 5.74) is -0.405. The molecule has 1 rings (SSSR count). The minimum Gasteiger partial charge on any atom is -0.336 e. The van der Waals surface area contributed by atoms with E-state index in [4.69, 9.17) is 6.42 Å². The number of carbonyl (C=O) groups is 1. The topological polar surface area (TPSA) is 29.1 Å². The highest BCUT2D eigenvalue weighted by atomic mass is 32.1. The summed E-state index contributed by atoms with van der Waals surface area (Å²) in [6.07, 6.45) is 5.25. The third kappa shape index (κ3) is 3.01. The molecule has 0 aliphatic rings. The molecule has 1 aromatic rings. The molecule has 84 valence electrons. The molecule has 0 aromatic heterocycles. The number of halogens is 1. The molecule has 16 heavy (non-hydrogen) atoms. The van der Waals surface area contributed by atoms with Crippen LogP contribution >= 0.6 is 12.6 Å². The molecule has 0 saturated heterocycles. The normalized spacial score (nSPS) is 10.7. The molecular weight excluding hydrogens is 225 g/mol. The smallest absolute Gasteiger partial charge is 0.252 e. The van der Waals surface area contributed by atoms with E-state index in [2.05, 4.69) is 23.9 Å². The van der Waals surface area contributed by atoms with Crippen LogP contribution < -0.4 is 5.32 Å². The molecule has 0 spiro atoms. The van der Waals surface area contributed by atoms with Crippen LogP contribution in [0.1, 0.15) is 24.2 Å². The first kappa shape index (κ1) is 12.6. The molecule has 1 N–H and O–H groups in total. The van der Waals surface area contributed by atoms with Gasteiger partial charge in [0.25, 0.3) is 5.91 Å². The van der Waals surface area contributed by atoms with Crippen LogP contribution in [0.5, 0.6) is 0 Å². The van der Waals surface area contributed by atoms with Crippen molar-refractivity contribution in [3.05, 3.63) is 29.6 Å². The van der Waals surface area contributed by atoms with Gasteiger partial charge in [-0.15, -0.1) is 19.1 Å². The Kier molecular flexibility index (Phi) is 3.61. The average molecular weight is 237 g/mol. The maximum atomic E-state index is 12.9. The monoisotopic (exact) mass is 237 g/mol. The lowest BCUT2D eigenvalue weighted by Crippen LogP contribution is -2.42. The van der Waals surface area contributed by atoms with Crippen molar-refractivity contribution in [2.75, 3.05) is 0 Å². The number of hydrogen-bond acceptors (Lipinski definition) is 2. The van der Waals surface area contributed by atoms with E-state index in [-0.39, 0.29) is 10.8 Å². The Balaban J connectivity index is 2.91. The Morgan fingerprint density at radius 2 is 2.19 bits per heavy atom. The summed E-state index contributed by atoms with van der Waals surface area (Å²) < 4.78 is 12.9. The highest BCUT2D eigenvalue weighted by Gasteiger charge is 2.18. The quantitative estimate of drug-likeness (QED) is 0.599. The number of nitrogens with one attached hydrogen (secondary N) is 1. The van der Waals surface area contributed by atoms with Gasteiger partial charge in [-0.2, -0.15) is 0 Å². The maximum Gasteiger partial charge on any atom is 0.252 e. The Bertz CT molecular complexity index is 463.